The molecule has 1 saturated heterocycles. The van der Waals surface area contributed by atoms with Crippen LogP contribution in [0.25, 0.3) is 0 Å². The van der Waals surface area contributed by atoms with E-state index in [-0.39, 0.29) is 6.61 Å². The second kappa shape index (κ2) is 6.36. The largest absolute Gasteiger partial charge is 0.395 e. The molecule has 0 aliphatic carbocycles. The first-order valence-electron chi connectivity index (χ1n) is 6.83. The van der Waals surface area contributed by atoms with Crippen LogP contribution in [0.1, 0.15) is 18.4 Å². The van der Waals surface area contributed by atoms with E-state index in [1.165, 1.54) is 31.5 Å². The standard InChI is InChI=1S/C14H25N3O/c1-15-7-4-14(5-8-15)17(9-10-18)12-13-3-6-16(2)11-13/h3,6,11,14,18H,4-5,7-10,12H2,1-2H3. The first-order valence-corrected chi connectivity index (χ1v) is 6.83. The van der Waals surface area contributed by atoms with Crippen LogP contribution in [0.2, 0.25) is 0 Å². The fourth-order valence-corrected chi connectivity index (χ4v) is 2.77. The zero-order valence-corrected chi connectivity index (χ0v) is 11.5. The van der Waals surface area contributed by atoms with Gasteiger partial charge in [0.05, 0.1) is 6.61 Å². The molecule has 1 aliphatic rings. The fourth-order valence-electron chi connectivity index (χ4n) is 2.77. The molecule has 0 unspecified atom stereocenters. The molecule has 4 nitrogen and oxygen atoms in total. The number of hydrogen-bond donors (Lipinski definition) is 1. The lowest BCUT2D eigenvalue weighted by Crippen LogP contribution is -2.44. The van der Waals surface area contributed by atoms with Gasteiger partial charge in [-0.1, -0.05) is 0 Å². The first-order chi connectivity index (χ1) is 8.69. The van der Waals surface area contributed by atoms with Gasteiger partial charge in [0, 0.05) is 38.6 Å². The van der Waals surface area contributed by atoms with Gasteiger partial charge < -0.3 is 14.6 Å². The van der Waals surface area contributed by atoms with Gasteiger partial charge in [-0.3, -0.25) is 4.90 Å². The maximum absolute atomic E-state index is 9.25. The summed E-state index contributed by atoms with van der Waals surface area (Å²) in [6, 6.07) is 2.79. The van der Waals surface area contributed by atoms with Crippen LogP contribution in [0.5, 0.6) is 0 Å². The molecule has 0 spiro atoms. The van der Waals surface area contributed by atoms with E-state index in [0.29, 0.717) is 6.04 Å². The number of hydrogen-bond acceptors (Lipinski definition) is 3. The summed E-state index contributed by atoms with van der Waals surface area (Å²) in [5, 5.41) is 9.25. The number of rotatable bonds is 5. The number of likely N-dealkylation sites (tertiary alicyclic amines) is 1. The van der Waals surface area contributed by atoms with Crippen LogP contribution in [-0.4, -0.2) is 58.8 Å². The van der Waals surface area contributed by atoms with E-state index in [2.05, 4.69) is 46.9 Å². The van der Waals surface area contributed by atoms with Crippen LogP contribution in [0, 0.1) is 0 Å². The van der Waals surface area contributed by atoms with E-state index in [0.717, 1.165) is 13.1 Å². The Labute approximate surface area is 110 Å². The Morgan fingerprint density at radius 3 is 2.61 bits per heavy atom. The Bertz CT molecular complexity index is 356. The van der Waals surface area contributed by atoms with Crippen molar-refractivity contribution in [2.45, 2.75) is 25.4 Å². The van der Waals surface area contributed by atoms with Crippen molar-refractivity contribution in [2.24, 2.45) is 7.05 Å². The zero-order chi connectivity index (χ0) is 13.0. The average molecular weight is 251 g/mol. The molecule has 1 aliphatic heterocycles. The second-order valence-electron chi connectivity index (χ2n) is 5.41. The van der Waals surface area contributed by atoms with Gasteiger partial charge in [0.1, 0.15) is 0 Å². The van der Waals surface area contributed by atoms with E-state index < -0.39 is 0 Å². The Hall–Kier alpha value is -0.840. The van der Waals surface area contributed by atoms with Crippen molar-refractivity contribution in [3.8, 4) is 0 Å². The van der Waals surface area contributed by atoms with Gasteiger partial charge in [-0.2, -0.15) is 0 Å². The summed E-state index contributed by atoms with van der Waals surface area (Å²) in [7, 11) is 4.24. The third-order valence-electron chi connectivity index (χ3n) is 3.87. The van der Waals surface area contributed by atoms with Gasteiger partial charge >= 0.3 is 0 Å². The third kappa shape index (κ3) is 3.57. The number of aryl methyl sites for hydroxylation is 1. The molecule has 2 heterocycles. The van der Waals surface area contributed by atoms with Gasteiger partial charge in [-0.15, -0.1) is 0 Å². The molecule has 1 fully saturated rings. The molecular weight excluding hydrogens is 226 g/mol. The van der Waals surface area contributed by atoms with Crippen molar-refractivity contribution in [3.05, 3.63) is 24.0 Å². The normalized spacial score (nSPS) is 18.7. The molecular formula is C14H25N3O. The zero-order valence-electron chi connectivity index (χ0n) is 11.5. The van der Waals surface area contributed by atoms with Gasteiger partial charge in [0.25, 0.3) is 0 Å². The highest BCUT2D eigenvalue weighted by Crippen LogP contribution is 2.18. The molecule has 1 aromatic heterocycles. The molecule has 4 heteroatoms. The number of nitrogens with zero attached hydrogens (tertiary/aromatic N) is 3. The molecule has 0 amide bonds. The Balaban J connectivity index is 1.94. The van der Waals surface area contributed by atoms with Gasteiger partial charge in [-0.05, 0) is 44.6 Å². The number of aliphatic hydroxyl groups excluding tert-OH is 1. The highest BCUT2D eigenvalue weighted by Gasteiger charge is 2.22. The quantitative estimate of drug-likeness (QED) is 0.844. The lowest BCUT2D eigenvalue weighted by Gasteiger charge is -2.37. The van der Waals surface area contributed by atoms with Gasteiger partial charge in [-0.25, -0.2) is 0 Å². The molecule has 1 aromatic rings. The highest BCUT2D eigenvalue weighted by molar-refractivity contribution is 5.10. The predicted molar refractivity (Wildman–Crippen MR) is 73.4 cm³/mol. The van der Waals surface area contributed by atoms with Crippen LogP contribution in [0.3, 0.4) is 0 Å². The van der Waals surface area contributed by atoms with Gasteiger partial charge in [0.2, 0.25) is 0 Å². The van der Waals surface area contributed by atoms with E-state index in [9.17, 15) is 5.11 Å². The van der Waals surface area contributed by atoms with Crippen molar-refractivity contribution in [2.75, 3.05) is 33.3 Å². The maximum Gasteiger partial charge on any atom is 0.0558 e. The summed E-state index contributed by atoms with van der Waals surface area (Å²) in [4.78, 5) is 4.82. The SMILES string of the molecule is CN1CCC(N(CCO)Cc2ccn(C)c2)CC1. The molecule has 0 atom stereocenters. The van der Waals surface area contributed by atoms with Crippen LogP contribution < -0.4 is 0 Å². The van der Waals surface area contributed by atoms with Crippen LogP contribution in [0.4, 0.5) is 0 Å². The topological polar surface area (TPSA) is 31.6 Å². The van der Waals surface area contributed by atoms with E-state index in [4.69, 9.17) is 0 Å². The molecule has 0 saturated carbocycles. The minimum Gasteiger partial charge on any atom is -0.395 e. The monoisotopic (exact) mass is 251 g/mol. The first kappa shape index (κ1) is 13.6. The smallest absolute Gasteiger partial charge is 0.0558 e. The Morgan fingerprint density at radius 1 is 1.33 bits per heavy atom. The fraction of sp³-hybridized carbons (Fsp3) is 0.714. The summed E-state index contributed by atoms with van der Waals surface area (Å²) < 4.78 is 2.08. The lowest BCUT2D eigenvalue weighted by molar-refractivity contribution is 0.0941. The Kier molecular flexibility index (Phi) is 4.80. The number of piperidine rings is 1. The average Bonchev–Trinajstić information content (AvgIpc) is 2.75. The van der Waals surface area contributed by atoms with Crippen molar-refractivity contribution in [1.82, 2.24) is 14.4 Å². The highest BCUT2D eigenvalue weighted by atomic mass is 16.3. The Morgan fingerprint density at radius 2 is 2.06 bits per heavy atom. The van der Waals surface area contributed by atoms with E-state index >= 15 is 0 Å². The molecule has 18 heavy (non-hydrogen) atoms. The molecule has 0 aromatic carbocycles. The molecule has 2 rings (SSSR count). The van der Waals surface area contributed by atoms with Crippen molar-refractivity contribution < 1.29 is 5.11 Å². The van der Waals surface area contributed by atoms with Crippen molar-refractivity contribution in [1.29, 1.82) is 0 Å². The third-order valence-corrected chi connectivity index (χ3v) is 3.87. The summed E-state index contributed by atoms with van der Waals surface area (Å²) in [5.41, 5.74) is 1.34. The van der Waals surface area contributed by atoms with Gasteiger partial charge in [0.15, 0.2) is 0 Å². The molecule has 1 N–H and O–H groups in total. The molecule has 102 valence electrons. The van der Waals surface area contributed by atoms with Crippen LogP contribution in [0.15, 0.2) is 18.5 Å². The summed E-state index contributed by atoms with van der Waals surface area (Å²) in [6.07, 6.45) is 6.67. The number of aliphatic hydroxyl groups is 1. The predicted octanol–water partition coefficient (Wildman–Crippen LogP) is 0.914. The van der Waals surface area contributed by atoms with Crippen LogP contribution >= 0.6 is 0 Å². The summed E-state index contributed by atoms with van der Waals surface area (Å²) >= 11 is 0. The van der Waals surface area contributed by atoms with Crippen LogP contribution in [-0.2, 0) is 13.6 Å². The maximum atomic E-state index is 9.25. The summed E-state index contributed by atoms with van der Waals surface area (Å²) in [6.45, 7) is 4.32. The van der Waals surface area contributed by atoms with Crippen molar-refractivity contribution in [3.63, 3.8) is 0 Å². The van der Waals surface area contributed by atoms with Crippen molar-refractivity contribution >= 4 is 0 Å². The lowest BCUT2D eigenvalue weighted by atomic mass is 10.0. The minimum absolute atomic E-state index is 0.249. The second-order valence-corrected chi connectivity index (χ2v) is 5.41. The number of aromatic nitrogens is 1. The molecule has 0 radical (unpaired) electrons. The van der Waals surface area contributed by atoms with E-state index in [1.54, 1.807) is 0 Å². The van der Waals surface area contributed by atoms with E-state index in [1.807, 2.05) is 0 Å². The summed E-state index contributed by atoms with van der Waals surface area (Å²) in [5.74, 6) is 0. The minimum atomic E-state index is 0.249. The molecule has 0 bridgehead atoms.